The highest BCUT2D eigenvalue weighted by Gasteiger charge is 2.34. The Labute approximate surface area is 194 Å². The van der Waals surface area contributed by atoms with Crippen molar-refractivity contribution in [1.29, 1.82) is 0 Å². The molecule has 0 amide bonds. The maximum Gasteiger partial charge on any atom is 0.275 e. The fourth-order valence-electron chi connectivity index (χ4n) is 4.83. The van der Waals surface area contributed by atoms with Crippen molar-refractivity contribution in [1.82, 2.24) is 14.9 Å². The van der Waals surface area contributed by atoms with E-state index in [0.717, 1.165) is 34.7 Å². The molecule has 0 aliphatic carbocycles. The topological polar surface area (TPSA) is 56.2 Å². The van der Waals surface area contributed by atoms with Crippen LogP contribution >= 0.6 is 22.9 Å². The highest BCUT2D eigenvalue weighted by molar-refractivity contribution is 7.22. The summed E-state index contributed by atoms with van der Waals surface area (Å²) in [5.74, 6) is 0.850. The zero-order valence-electron chi connectivity index (χ0n) is 17.3. The van der Waals surface area contributed by atoms with Gasteiger partial charge in [0.05, 0.1) is 11.2 Å². The van der Waals surface area contributed by atoms with Crippen molar-refractivity contribution in [3.05, 3.63) is 76.3 Å². The van der Waals surface area contributed by atoms with Gasteiger partial charge in [0, 0.05) is 22.0 Å². The van der Waals surface area contributed by atoms with Gasteiger partial charge >= 0.3 is 0 Å². The minimum atomic E-state index is -0.0659. The van der Waals surface area contributed by atoms with E-state index < -0.39 is 0 Å². The molecule has 3 atom stereocenters. The van der Waals surface area contributed by atoms with Crippen LogP contribution in [0.2, 0.25) is 5.02 Å². The van der Waals surface area contributed by atoms with Gasteiger partial charge < -0.3 is 10.1 Å². The van der Waals surface area contributed by atoms with E-state index in [0.29, 0.717) is 27.3 Å². The molecule has 0 saturated carbocycles. The Morgan fingerprint density at radius 3 is 2.47 bits per heavy atom. The van der Waals surface area contributed by atoms with Crippen molar-refractivity contribution in [2.45, 2.75) is 43.9 Å². The first-order valence-electron chi connectivity index (χ1n) is 10.9. The van der Waals surface area contributed by atoms with Gasteiger partial charge in [0.15, 0.2) is 0 Å². The first kappa shape index (κ1) is 20.0. The third-order valence-electron chi connectivity index (χ3n) is 6.41. The lowest BCUT2D eigenvalue weighted by Gasteiger charge is -2.29. The van der Waals surface area contributed by atoms with Gasteiger partial charge in [0.2, 0.25) is 0 Å². The van der Waals surface area contributed by atoms with Crippen LogP contribution in [0.4, 0.5) is 0 Å². The van der Waals surface area contributed by atoms with Crippen molar-refractivity contribution in [2.75, 3.05) is 0 Å². The molecule has 2 aliphatic heterocycles. The molecule has 1 N–H and O–H groups in total. The van der Waals surface area contributed by atoms with E-state index in [4.69, 9.17) is 16.3 Å². The van der Waals surface area contributed by atoms with E-state index in [9.17, 15) is 4.79 Å². The fourth-order valence-corrected chi connectivity index (χ4v) is 6.00. The molecular formula is C25H22ClN3O2S. The Hall–Kier alpha value is -2.67. The Bertz CT molecular complexity index is 1320. The van der Waals surface area contributed by atoms with Gasteiger partial charge in [-0.2, -0.15) is 0 Å². The number of aromatic nitrogens is 2. The quantitative estimate of drug-likeness (QED) is 0.438. The summed E-state index contributed by atoms with van der Waals surface area (Å²) in [5.41, 5.74) is 2.45. The summed E-state index contributed by atoms with van der Waals surface area (Å²) in [6.07, 6.45) is 6.50. The van der Waals surface area contributed by atoms with Crippen molar-refractivity contribution >= 4 is 33.2 Å². The second-order valence-electron chi connectivity index (χ2n) is 8.59. The average Bonchev–Trinajstić information content (AvgIpc) is 3.39. The summed E-state index contributed by atoms with van der Waals surface area (Å²) in [5, 5.41) is 4.33. The van der Waals surface area contributed by atoms with Crippen LogP contribution in [-0.2, 0) is 0 Å². The molecule has 5 nitrogen and oxygen atoms in total. The predicted molar refractivity (Wildman–Crippen MR) is 129 cm³/mol. The molecular weight excluding hydrogens is 442 g/mol. The molecule has 2 fully saturated rings. The number of benzene rings is 2. The number of hydrogen-bond donors (Lipinski definition) is 1. The number of halogens is 1. The van der Waals surface area contributed by atoms with Gasteiger partial charge in [-0.1, -0.05) is 23.7 Å². The second kappa shape index (κ2) is 8.03. The number of fused-ring (bicyclic) bond motifs is 3. The van der Waals surface area contributed by atoms with E-state index in [1.807, 2.05) is 54.6 Å². The summed E-state index contributed by atoms with van der Waals surface area (Å²) < 4.78 is 8.48. The zero-order chi connectivity index (χ0) is 21.7. The smallest absolute Gasteiger partial charge is 0.275 e. The average molecular weight is 464 g/mol. The minimum absolute atomic E-state index is 0.0659. The molecule has 2 saturated heterocycles. The zero-order valence-corrected chi connectivity index (χ0v) is 18.9. The number of nitrogens with one attached hydrogen (secondary N) is 1. The molecule has 1 unspecified atom stereocenters. The number of thiophene rings is 1. The normalized spacial score (nSPS) is 22.3. The molecule has 0 spiro atoms. The number of ether oxygens (including phenoxy) is 1. The molecule has 2 aliphatic rings. The van der Waals surface area contributed by atoms with Crippen molar-refractivity contribution in [3.63, 3.8) is 0 Å². The Morgan fingerprint density at radius 1 is 1.03 bits per heavy atom. The van der Waals surface area contributed by atoms with Crippen LogP contribution in [0.25, 0.3) is 26.3 Å². The third-order valence-corrected chi connectivity index (χ3v) is 7.83. The molecule has 2 bridgehead atoms. The van der Waals surface area contributed by atoms with E-state index in [1.165, 1.54) is 24.2 Å². The van der Waals surface area contributed by atoms with E-state index >= 15 is 0 Å². The molecule has 4 heterocycles. The van der Waals surface area contributed by atoms with Crippen LogP contribution in [-0.4, -0.2) is 27.7 Å². The van der Waals surface area contributed by atoms with Gasteiger partial charge in [-0.15, -0.1) is 11.3 Å². The second-order valence-corrected chi connectivity index (χ2v) is 10.1. The van der Waals surface area contributed by atoms with Crippen LogP contribution in [0, 0.1) is 0 Å². The lowest BCUT2D eigenvalue weighted by molar-refractivity contribution is 0.137. The third kappa shape index (κ3) is 3.72. The Balaban J connectivity index is 1.25. The van der Waals surface area contributed by atoms with Crippen LogP contribution in [0.5, 0.6) is 5.75 Å². The summed E-state index contributed by atoms with van der Waals surface area (Å²) >= 11 is 7.45. The molecule has 162 valence electrons. The summed E-state index contributed by atoms with van der Waals surface area (Å²) in [6.45, 7) is 0. The summed E-state index contributed by atoms with van der Waals surface area (Å²) in [6, 6.07) is 18.5. The molecule has 6 rings (SSSR count). The Kier molecular flexibility index (Phi) is 5.01. The summed E-state index contributed by atoms with van der Waals surface area (Å²) in [4.78, 5) is 18.7. The predicted octanol–water partition coefficient (Wildman–Crippen LogP) is 5.43. The van der Waals surface area contributed by atoms with Crippen LogP contribution < -0.4 is 15.6 Å². The van der Waals surface area contributed by atoms with Crippen LogP contribution in [0.3, 0.4) is 0 Å². The van der Waals surface area contributed by atoms with Crippen LogP contribution in [0.15, 0.2) is 65.7 Å². The summed E-state index contributed by atoms with van der Waals surface area (Å²) in [7, 11) is 0. The minimum Gasteiger partial charge on any atom is -0.490 e. The van der Waals surface area contributed by atoms with Gasteiger partial charge in [-0.05, 0) is 73.7 Å². The van der Waals surface area contributed by atoms with E-state index in [-0.39, 0.29) is 11.7 Å². The molecule has 32 heavy (non-hydrogen) atoms. The molecule has 2 aromatic carbocycles. The number of nitrogens with zero attached hydrogens (tertiary/aromatic N) is 2. The SMILES string of the molecule is O=c1c2sc(-c3ccc(Cl)cc3)cc2ncn1-c1ccc(OC2C[C@H]3CC[C@@H](C2)N3)cc1. The first-order valence-corrected chi connectivity index (χ1v) is 12.1. The van der Waals surface area contributed by atoms with Gasteiger partial charge in [0.1, 0.15) is 22.9 Å². The van der Waals surface area contributed by atoms with E-state index in [2.05, 4.69) is 10.3 Å². The van der Waals surface area contributed by atoms with Crippen LogP contribution in [0.1, 0.15) is 25.7 Å². The van der Waals surface area contributed by atoms with Crippen molar-refractivity contribution in [3.8, 4) is 21.9 Å². The molecule has 0 radical (unpaired) electrons. The molecule has 7 heteroatoms. The molecule has 4 aromatic rings. The number of hydrogen-bond acceptors (Lipinski definition) is 5. The monoisotopic (exact) mass is 463 g/mol. The lowest BCUT2D eigenvalue weighted by atomic mass is 10.0. The fraction of sp³-hybridized carbons (Fsp3) is 0.280. The van der Waals surface area contributed by atoms with Crippen molar-refractivity contribution in [2.24, 2.45) is 0 Å². The highest BCUT2D eigenvalue weighted by atomic mass is 35.5. The largest absolute Gasteiger partial charge is 0.490 e. The lowest BCUT2D eigenvalue weighted by Crippen LogP contribution is -2.42. The van der Waals surface area contributed by atoms with E-state index in [1.54, 1.807) is 10.9 Å². The van der Waals surface area contributed by atoms with Crippen molar-refractivity contribution < 1.29 is 4.74 Å². The van der Waals surface area contributed by atoms with Gasteiger partial charge in [-0.25, -0.2) is 4.98 Å². The Morgan fingerprint density at radius 2 is 1.75 bits per heavy atom. The number of rotatable bonds is 4. The highest BCUT2D eigenvalue weighted by Crippen LogP contribution is 2.32. The maximum atomic E-state index is 13.2. The van der Waals surface area contributed by atoms with Gasteiger partial charge in [0.25, 0.3) is 5.56 Å². The standard InChI is InChI=1S/C25H22ClN3O2S/c26-16-3-1-15(2-4-16)23-13-22-24(32-23)25(30)29(14-27-22)19-7-9-20(10-8-19)31-21-11-17-5-6-18(12-21)28-17/h1-4,7-10,13-14,17-18,21,28H,5-6,11-12H2/t17-,18+,21?. The molecule has 2 aromatic heterocycles. The van der Waals surface area contributed by atoms with Gasteiger partial charge in [-0.3, -0.25) is 9.36 Å². The number of piperidine rings is 1. The first-order chi connectivity index (χ1) is 15.6. The maximum absolute atomic E-state index is 13.2.